The van der Waals surface area contributed by atoms with Crippen LogP contribution in [0.4, 0.5) is 0 Å². The highest BCUT2D eigenvalue weighted by Crippen LogP contribution is 2.28. The van der Waals surface area contributed by atoms with Gasteiger partial charge in [-0.15, -0.1) is 0 Å². The molecule has 0 bridgehead atoms. The summed E-state index contributed by atoms with van der Waals surface area (Å²) in [5, 5.41) is 11.4. The fourth-order valence-corrected chi connectivity index (χ4v) is 3.08. The molecule has 4 rings (SSSR count). The highest BCUT2D eigenvalue weighted by atomic mass is 16.5. The van der Waals surface area contributed by atoms with Gasteiger partial charge in [-0.1, -0.05) is 0 Å². The first-order valence-corrected chi connectivity index (χ1v) is 7.92. The molecular formula is C16H18N6O2. The van der Waals surface area contributed by atoms with Gasteiger partial charge in [0.05, 0.1) is 18.4 Å². The van der Waals surface area contributed by atoms with E-state index in [9.17, 15) is 4.79 Å². The largest absolute Gasteiger partial charge is 0.371 e. The maximum absolute atomic E-state index is 12.7. The molecule has 124 valence electrons. The van der Waals surface area contributed by atoms with Crippen LogP contribution in [0.3, 0.4) is 0 Å². The molecule has 1 aliphatic heterocycles. The first-order valence-electron chi connectivity index (χ1n) is 7.92. The third kappa shape index (κ3) is 2.65. The van der Waals surface area contributed by atoms with Crippen molar-refractivity contribution in [3.05, 3.63) is 48.2 Å². The lowest BCUT2D eigenvalue weighted by Crippen LogP contribution is -2.42. The molecule has 1 saturated heterocycles. The van der Waals surface area contributed by atoms with Crippen molar-refractivity contribution in [2.24, 2.45) is 7.05 Å². The number of amides is 1. The molecular weight excluding hydrogens is 308 g/mol. The molecule has 1 N–H and O–H groups in total. The fourth-order valence-electron chi connectivity index (χ4n) is 3.08. The molecule has 3 aromatic rings. The van der Waals surface area contributed by atoms with E-state index in [0.29, 0.717) is 17.8 Å². The Hall–Kier alpha value is -2.74. The topological polar surface area (TPSA) is 86.3 Å². The van der Waals surface area contributed by atoms with Crippen LogP contribution >= 0.6 is 0 Å². The van der Waals surface area contributed by atoms with Gasteiger partial charge in [-0.2, -0.15) is 10.2 Å². The molecule has 0 aromatic carbocycles. The molecule has 0 radical (unpaired) electrons. The van der Waals surface area contributed by atoms with E-state index in [0.717, 1.165) is 18.4 Å². The number of hydrogen-bond acceptors (Lipinski definition) is 5. The minimum Gasteiger partial charge on any atom is -0.371 e. The van der Waals surface area contributed by atoms with Crippen LogP contribution in [-0.4, -0.2) is 42.9 Å². The number of carbonyl (C=O) groups is 1. The second kappa shape index (κ2) is 6.04. The Kier molecular flexibility index (Phi) is 3.73. The molecule has 8 heteroatoms. The zero-order valence-corrected chi connectivity index (χ0v) is 13.3. The number of ether oxygens (including phenoxy) is 1. The molecule has 8 nitrogen and oxygen atoms in total. The quantitative estimate of drug-likeness (QED) is 0.779. The second-order valence-corrected chi connectivity index (χ2v) is 5.91. The van der Waals surface area contributed by atoms with Gasteiger partial charge >= 0.3 is 0 Å². The molecule has 1 aliphatic rings. The first-order chi connectivity index (χ1) is 11.7. The van der Waals surface area contributed by atoms with Crippen LogP contribution in [0, 0.1) is 0 Å². The maximum Gasteiger partial charge on any atom is 0.257 e. The lowest BCUT2D eigenvalue weighted by atomic mass is 9.98. The van der Waals surface area contributed by atoms with Crippen molar-refractivity contribution in [2.45, 2.75) is 25.0 Å². The first kappa shape index (κ1) is 14.8. The number of hydrogen-bond donors (Lipinski definition) is 1. The number of carbonyl (C=O) groups excluding carboxylic acids is 1. The average Bonchev–Trinajstić information content (AvgIpc) is 3.21. The Labute approximate surface area is 138 Å². The average molecular weight is 326 g/mol. The Morgan fingerprint density at radius 2 is 2.29 bits per heavy atom. The fraction of sp³-hybridized carbons (Fsp3) is 0.375. The van der Waals surface area contributed by atoms with Gasteiger partial charge in [0.2, 0.25) is 0 Å². The Balaban J connectivity index is 1.57. The number of rotatable bonds is 3. The molecule has 24 heavy (non-hydrogen) atoms. The van der Waals surface area contributed by atoms with Crippen molar-refractivity contribution in [3.63, 3.8) is 0 Å². The van der Waals surface area contributed by atoms with Gasteiger partial charge in [0, 0.05) is 37.8 Å². The molecule has 1 amide bonds. The molecule has 1 fully saturated rings. The van der Waals surface area contributed by atoms with E-state index < -0.39 is 0 Å². The van der Waals surface area contributed by atoms with Crippen LogP contribution in [0.15, 0.2) is 37.1 Å². The standard InChI is InChI=1S/C16H18N6O2/c1-21-10-11(8-18-21)14-13(4-2-7-24-14)20-16(23)12-9-19-22-6-3-5-17-15(12)22/h3,5-6,8-10,13-14H,2,4,7H2,1H3,(H,20,23)/t13-,14+/m0/s1. The molecule has 2 atom stereocenters. The summed E-state index contributed by atoms with van der Waals surface area (Å²) < 4.78 is 9.22. The van der Waals surface area contributed by atoms with Crippen molar-refractivity contribution >= 4 is 11.6 Å². The van der Waals surface area contributed by atoms with E-state index >= 15 is 0 Å². The summed E-state index contributed by atoms with van der Waals surface area (Å²) in [6.45, 7) is 0.685. The monoisotopic (exact) mass is 326 g/mol. The lowest BCUT2D eigenvalue weighted by Gasteiger charge is -2.31. The summed E-state index contributed by atoms with van der Waals surface area (Å²) in [7, 11) is 1.87. The zero-order valence-electron chi connectivity index (χ0n) is 13.3. The molecule has 0 aliphatic carbocycles. The van der Waals surface area contributed by atoms with Gasteiger partial charge in [0.1, 0.15) is 11.7 Å². The van der Waals surface area contributed by atoms with Gasteiger partial charge in [0.25, 0.3) is 5.91 Å². The van der Waals surface area contributed by atoms with Gasteiger partial charge < -0.3 is 10.1 Å². The van der Waals surface area contributed by atoms with Crippen LogP contribution in [0.1, 0.15) is 34.9 Å². The van der Waals surface area contributed by atoms with Gasteiger partial charge in [-0.25, -0.2) is 9.50 Å². The van der Waals surface area contributed by atoms with E-state index in [4.69, 9.17) is 4.74 Å². The molecule has 3 aromatic heterocycles. The number of fused-ring (bicyclic) bond motifs is 1. The summed E-state index contributed by atoms with van der Waals surface area (Å²) in [6, 6.07) is 1.67. The number of nitrogens with one attached hydrogen (secondary N) is 1. The van der Waals surface area contributed by atoms with Crippen LogP contribution in [0.2, 0.25) is 0 Å². The van der Waals surface area contributed by atoms with Crippen molar-refractivity contribution in [1.82, 2.24) is 29.7 Å². The molecule has 0 unspecified atom stereocenters. The van der Waals surface area contributed by atoms with E-state index in [-0.39, 0.29) is 18.1 Å². The molecule has 4 heterocycles. The highest BCUT2D eigenvalue weighted by molar-refractivity contribution is 5.99. The highest BCUT2D eigenvalue weighted by Gasteiger charge is 2.30. The van der Waals surface area contributed by atoms with Crippen molar-refractivity contribution in [1.29, 1.82) is 0 Å². The van der Waals surface area contributed by atoms with Crippen LogP contribution in [0.5, 0.6) is 0 Å². The van der Waals surface area contributed by atoms with Gasteiger partial charge in [-0.3, -0.25) is 9.48 Å². The van der Waals surface area contributed by atoms with Crippen molar-refractivity contribution in [3.8, 4) is 0 Å². The molecule has 0 spiro atoms. The summed E-state index contributed by atoms with van der Waals surface area (Å²) in [5.41, 5.74) is 1.98. The summed E-state index contributed by atoms with van der Waals surface area (Å²) in [4.78, 5) is 16.9. The van der Waals surface area contributed by atoms with Crippen molar-refractivity contribution < 1.29 is 9.53 Å². The van der Waals surface area contributed by atoms with E-state index in [1.165, 1.54) is 0 Å². The third-order valence-electron chi connectivity index (χ3n) is 4.22. The summed E-state index contributed by atoms with van der Waals surface area (Å²) in [5.74, 6) is -0.187. The van der Waals surface area contributed by atoms with Crippen LogP contribution in [0.25, 0.3) is 5.65 Å². The Morgan fingerprint density at radius 3 is 3.12 bits per heavy atom. The third-order valence-corrected chi connectivity index (χ3v) is 4.22. The van der Waals surface area contributed by atoms with E-state index in [1.807, 2.05) is 13.2 Å². The number of aromatic nitrogens is 5. The summed E-state index contributed by atoms with van der Waals surface area (Å²) >= 11 is 0. The predicted octanol–water partition coefficient (Wildman–Crippen LogP) is 1.11. The minimum absolute atomic E-state index is 0.103. The minimum atomic E-state index is -0.189. The lowest BCUT2D eigenvalue weighted by molar-refractivity contribution is -0.00948. The smallest absolute Gasteiger partial charge is 0.257 e. The SMILES string of the molecule is Cn1cc([C@H]2OCCC[C@@H]2NC(=O)c2cnn3cccnc23)cn1. The zero-order chi connectivity index (χ0) is 16.5. The Morgan fingerprint density at radius 1 is 1.38 bits per heavy atom. The normalized spacial score (nSPS) is 21.0. The Bertz CT molecular complexity index is 870. The van der Waals surface area contributed by atoms with E-state index in [2.05, 4.69) is 20.5 Å². The van der Waals surface area contributed by atoms with Crippen LogP contribution < -0.4 is 5.32 Å². The van der Waals surface area contributed by atoms with E-state index in [1.54, 1.807) is 40.1 Å². The van der Waals surface area contributed by atoms with Crippen molar-refractivity contribution in [2.75, 3.05) is 6.61 Å². The second-order valence-electron chi connectivity index (χ2n) is 5.91. The van der Waals surface area contributed by atoms with Crippen LogP contribution in [-0.2, 0) is 11.8 Å². The predicted molar refractivity (Wildman–Crippen MR) is 85.4 cm³/mol. The number of nitrogens with zero attached hydrogens (tertiary/aromatic N) is 5. The summed E-state index contributed by atoms with van der Waals surface area (Å²) in [6.07, 6.45) is 10.2. The molecule has 0 saturated carbocycles. The van der Waals surface area contributed by atoms with Gasteiger partial charge in [0.15, 0.2) is 5.65 Å². The number of aryl methyl sites for hydroxylation is 1. The maximum atomic E-state index is 12.7. The van der Waals surface area contributed by atoms with Gasteiger partial charge in [-0.05, 0) is 18.9 Å².